The van der Waals surface area contributed by atoms with Gasteiger partial charge in [-0.15, -0.1) is 0 Å². The first-order chi connectivity index (χ1) is 11.7. The number of para-hydroxylation sites is 1. The first kappa shape index (κ1) is 14.5. The summed E-state index contributed by atoms with van der Waals surface area (Å²) in [5, 5.41) is 0. The second kappa shape index (κ2) is 5.81. The van der Waals surface area contributed by atoms with Gasteiger partial charge in [0.05, 0.1) is 6.20 Å². The first-order valence-electron chi connectivity index (χ1n) is 7.72. The summed E-state index contributed by atoms with van der Waals surface area (Å²) < 4.78 is 11.0. The van der Waals surface area contributed by atoms with Gasteiger partial charge in [-0.3, -0.25) is 4.79 Å². The molecule has 0 aliphatic carbocycles. The lowest BCUT2D eigenvalue weighted by Gasteiger charge is -2.01. The first-order valence-corrected chi connectivity index (χ1v) is 7.72. The molecule has 4 nitrogen and oxygen atoms in total. The summed E-state index contributed by atoms with van der Waals surface area (Å²) in [6.45, 7) is 2.05. The highest BCUT2D eigenvalue weighted by molar-refractivity contribution is 5.88. The number of hydrogen-bond donors (Lipinski definition) is 0. The third-order valence-corrected chi connectivity index (χ3v) is 4.10. The highest BCUT2D eigenvalue weighted by Gasteiger charge is 2.36. The molecule has 4 heteroatoms. The zero-order chi connectivity index (χ0) is 16.5. The Kier molecular flexibility index (Phi) is 3.50. The van der Waals surface area contributed by atoms with E-state index in [2.05, 4.69) is 4.98 Å². The van der Waals surface area contributed by atoms with Gasteiger partial charge in [0.2, 0.25) is 5.89 Å². The van der Waals surface area contributed by atoms with Gasteiger partial charge in [-0.05, 0) is 30.2 Å². The van der Waals surface area contributed by atoms with Crippen LogP contribution in [0.25, 0.3) is 12.2 Å². The van der Waals surface area contributed by atoms with Gasteiger partial charge >= 0.3 is 5.97 Å². The lowest BCUT2D eigenvalue weighted by atomic mass is 9.99. The lowest BCUT2D eigenvalue weighted by molar-refractivity contribution is -0.133. The van der Waals surface area contributed by atoms with Crippen molar-refractivity contribution in [1.82, 2.24) is 4.98 Å². The van der Waals surface area contributed by atoms with E-state index in [1.807, 2.05) is 55.5 Å². The Hall–Kier alpha value is -3.14. The zero-order valence-corrected chi connectivity index (χ0v) is 13.1. The maximum Gasteiger partial charge on any atom is 0.326 e. The fourth-order valence-corrected chi connectivity index (χ4v) is 2.82. The molecule has 118 valence electrons. The molecule has 1 aromatic heterocycles. The summed E-state index contributed by atoms with van der Waals surface area (Å²) in [4.78, 5) is 16.4. The van der Waals surface area contributed by atoms with Crippen molar-refractivity contribution in [2.24, 2.45) is 0 Å². The van der Waals surface area contributed by atoms with Gasteiger partial charge < -0.3 is 9.15 Å². The number of hydrogen-bond acceptors (Lipinski definition) is 4. The van der Waals surface area contributed by atoms with Crippen LogP contribution in [0.4, 0.5) is 0 Å². The fraction of sp³-hybridized carbons (Fsp3) is 0.100. The van der Waals surface area contributed by atoms with E-state index in [0.29, 0.717) is 17.4 Å². The van der Waals surface area contributed by atoms with E-state index in [1.165, 1.54) is 5.56 Å². The van der Waals surface area contributed by atoms with Gasteiger partial charge in [0.15, 0.2) is 0 Å². The SMILES string of the molecule is Cc1ccccc1/C=C/c1ncc(C2C(=O)Oc3ccccc32)o1. The fourth-order valence-electron chi connectivity index (χ4n) is 2.82. The van der Waals surface area contributed by atoms with Crippen LogP contribution in [0.5, 0.6) is 5.75 Å². The molecule has 0 saturated carbocycles. The molecule has 0 saturated heterocycles. The summed E-state index contributed by atoms with van der Waals surface area (Å²) in [6.07, 6.45) is 5.34. The van der Waals surface area contributed by atoms with Crippen molar-refractivity contribution in [3.63, 3.8) is 0 Å². The molecule has 2 heterocycles. The van der Waals surface area contributed by atoms with Gasteiger partial charge in [-0.2, -0.15) is 0 Å². The minimum Gasteiger partial charge on any atom is -0.441 e. The molecule has 4 rings (SSSR count). The van der Waals surface area contributed by atoms with Crippen molar-refractivity contribution in [3.8, 4) is 5.75 Å². The molecule has 3 aromatic rings. The predicted molar refractivity (Wildman–Crippen MR) is 90.5 cm³/mol. The molecule has 1 unspecified atom stereocenters. The highest BCUT2D eigenvalue weighted by Crippen LogP contribution is 2.39. The number of nitrogens with zero attached hydrogens (tertiary/aromatic N) is 1. The van der Waals surface area contributed by atoms with Crippen molar-refractivity contribution >= 4 is 18.1 Å². The second-order valence-electron chi connectivity index (χ2n) is 5.68. The van der Waals surface area contributed by atoms with Crippen LogP contribution in [-0.4, -0.2) is 11.0 Å². The minimum atomic E-state index is -0.547. The number of fused-ring (bicyclic) bond motifs is 1. The monoisotopic (exact) mass is 317 g/mol. The molecule has 1 aliphatic heterocycles. The third-order valence-electron chi connectivity index (χ3n) is 4.10. The normalized spacial score (nSPS) is 16.4. The Bertz CT molecular complexity index is 939. The van der Waals surface area contributed by atoms with Crippen molar-refractivity contribution in [2.45, 2.75) is 12.8 Å². The molecule has 0 fully saturated rings. The number of aryl methyl sites for hydroxylation is 1. The average molecular weight is 317 g/mol. The average Bonchev–Trinajstić information content (AvgIpc) is 3.17. The predicted octanol–water partition coefficient (Wildman–Crippen LogP) is 4.20. The molecule has 1 atom stereocenters. The molecule has 0 amide bonds. The van der Waals surface area contributed by atoms with Gasteiger partial charge in [0.25, 0.3) is 0 Å². The number of carbonyl (C=O) groups is 1. The number of esters is 1. The van der Waals surface area contributed by atoms with Crippen LogP contribution in [0.1, 0.15) is 34.3 Å². The molecular weight excluding hydrogens is 302 g/mol. The zero-order valence-electron chi connectivity index (χ0n) is 13.1. The van der Waals surface area contributed by atoms with Crippen LogP contribution < -0.4 is 4.74 Å². The van der Waals surface area contributed by atoms with Crippen LogP contribution in [0, 0.1) is 6.92 Å². The van der Waals surface area contributed by atoms with Crippen molar-refractivity contribution in [2.75, 3.05) is 0 Å². The number of oxazole rings is 1. The summed E-state index contributed by atoms with van der Waals surface area (Å²) in [5.41, 5.74) is 3.09. The Morgan fingerprint density at radius 2 is 1.83 bits per heavy atom. The Morgan fingerprint density at radius 3 is 2.71 bits per heavy atom. The second-order valence-corrected chi connectivity index (χ2v) is 5.68. The molecule has 24 heavy (non-hydrogen) atoms. The number of ether oxygens (including phenoxy) is 1. The highest BCUT2D eigenvalue weighted by atomic mass is 16.5. The Balaban J connectivity index is 1.62. The van der Waals surface area contributed by atoms with Crippen LogP contribution in [-0.2, 0) is 4.79 Å². The number of benzene rings is 2. The van der Waals surface area contributed by atoms with Crippen LogP contribution in [0.2, 0.25) is 0 Å². The standard InChI is InChI=1S/C20H15NO3/c1-13-6-2-3-7-14(13)10-11-18-21-12-17(23-18)19-15-8-4-5-9-16(15)24-20(19)22/h2-12,19H,1H3/b11-10+. The summed E-state index contributed by atoms with van der Waals surface area (Å²) >= 11 is 0. The van der Waals surface area contributed by atoms with Gasteiger partial charge in [-0.25, -0.2) is 4.98 Å². The molecule has 0 N–H and O–H groups in total. The van der Waals surface area contributed by atoms with E-state index in [0.717, 1.165) is 11.1 Å². The molecule has 2 aromatic carbocycles. The number of carbonyl (C=O) groups excluding carboxylic acids is 1. The van der Waals surface area contributed by atoms with Gasteiger partial charge in [0, 0.05) is 11.6 Å². The number of aromatic nitrogens is 1. The van der Waals surface area contributed by atoms with Crippen LogP contribution in [0.15, 0.2) is 59.1 Å². The molecule has 0 bridgehead atoms. The summed E-state index contributed by atoms with van der Waals surface area (Å²) in [7, 11) is 0. The molecule has 1 aliphatic rings. The topological polar surface area (TPSA) is 52.3 Å². The van der Waals surface area contributed by atoms with Gasteiger partial charge in [-0.1, -0.05) is 42.5 Å². The third kappa shape index (κ3) is 2.52. The van der Waals surface area contributed by atoms with E-state index < -0.39 is 5.92 Å². The Morgan fingerprint density at radius 1 is 1.04 bits per heavy atom. The quantitative estimate of drug-likeness (QED) is 0.536. The van der Waals surface area contributed by atoms with Crippen LogP contribution in [0.3, 0.4) is 0 Å². The lowest BCUT2D eigenvalue weighted by Crippen LogP contribution is -2.10. The Labute approximate surface area is 139 Å². The van der Waals surface area contributed by atoms with E-state index in [4.69, 9.17) is 9.15 Å². The molecular formula is C20H15NO3. The molecule has 0 radical (unpaired) electrons. The molecule has 0 spiro atoms. The summed E-state index contributed by atoms with van der Waals surface area (Å²) in [5.74, 6) is 0.664. The maximum atomic E-state index is 12.1. The van der Waals surface area contributed by atoms with Crippen molar-refractivity contribution in [1.29, 1.82) is 0 Å². The maximum absolute atomic E-state index is 12.1. The van der Waals surface area contributed by atoms with E-state index in [1.54, 1.807) is 18.3 Å². The van der Waals surface area contributed by atoms with Crippen LogP contribution >= 0.6 is 0 Å². The van der Waals surface area contributed by atoms with E-state index in [9.17, 15) is 4.79 Å². The largest absolute Gasteiger partial charge is 0.441 e. The number of rotatable bonds is 3. The van der Waals surface area contributed by atoms with Crippen molar-refractivity contribution < 1.29 is 13.9 Å². The van der Waals surface area contributed by atoms with E-state index in [-0.39, 0.29) is 5.97 Å². The minimum absolute atomic E-state index is 0.332. The summed E-state index contributed by atoms with van der Waals surface area (Å²) in [6, 6.07) is 15.4. The smallest absolute Gasteiger partial charge is 0.326 e. The van der Waals surface area contributed by atoms with Crippen molar-refractivity contribution in [3.05, 3.63) is 83.1 Å². The van der Waals surface area contributed by atoms with Gasteiger partial charge in [0.1, 0.15) is 17.4 Å². The van der Waals surface area contributed by atoms with E-state index >= 15 is 0 Å².